The van der Waals surface area contributed by atoms with Gasteiger partial charge in [-0.15, -0.1) is 0 Å². The van der Waals surface area contributed by atoms with E-state index in [1.54, 1.807) is 4.31 Å². The Bertz CT molecular complexity index is 1020. The number of benzene rings is 2. The molecule has 1 aliphatic rings. The van der Waals surface area contributed by atoms with Crippen LogP contribution in [0.25, 0.3) is 11.1 Å². The van der Waals surface area contributed by atoms with Gasteiger partial charge in [0.1, 0.15) is 5.52 Å². The van der Waals surface area contributed by atoms with Crippen LogP contribution in [-0.2, 0) is 22.3 Å². The zero-order chi connectivity index (χ0) is 18.9. The standard InChI is InChI=1S/C20H23N3O3S/c1-16-7-8-19-18(13-16)21-20(26-19)14-22-9-11-23(12-10-22)27(24,25)15-17-5-3-2-4-6-17/h2-8,13H,9-12,14-15H2,1H3. The van der Waals surface area contributed by atoms with E-state index in [2.05, 4.69) is 9.88 Å². The zero-order valence-corrected chi connectivity index (χ0v) is 16.2. The maximum Gasteiger partial charge on any atom is 0.218 e. The number of aromatic nitrogens is 1. The smallest absolute Gasteiger partial charge is 0.218 e. The molecule has 0 radical (unpaired) electrons. The maximum absolute atomic E-state index is 12.6. The Hall–Kier alpha value is -2.22. The van der Waals surface area contributed by atoms with Gasteiger partial charge in [-0.1, -0.05) is 36.4 Å². The third-order valence-corrected chi connectivity index (χ3v) is 6.71. The van der Waals surface area contributed by atoms with E-state index in [-0.39, 0.29) is 5.75 Å². The molecule has 3 aromatic rings. The van der Waals surface area contributed by atoms with Gasteiger partial charge < -0.3 is 4.42 Å². The molecule has 6 nitrogen and oxygen atoms in total. The van der Waals surface area contributed by atoms with Crippen molar-refractivity contribution >= 4 is 21.1 Å². The van der Waals surface area contributed by atoms with Crippen LogP contribution < -0.4 is 0 Å². The number of piperazine rings is 1. The Morgan fingerprint density at radius 1 is 1.04 bits per heavy atom. The molecule has 7 heteroatoms. The number of hydrogen-bond donors (Lipinski definition) is 0. The summed E-state index contributed by atoms with van der Waals surface area (Å²) >= 11 is 0. The summed E-state index contributed by atoms with van der Waals surface area (Å²) in [6.07, 6.45) is 0. The van der Waals surface area contributed by atoms with Crippen LogP contribution in [0.15, 0.2) is 52.9 Å². The molecule has 0 bridgehead atoms. The number of rotatable bonds is 5. The van der Waals surface area contributed by atoms with Crippen LogP contribution in [0.2, 0.25) is 0 Å². The molecule has 0 amide bonds. The van der Waals surface area contributed by atoms with Crippen LogP contribution in [-0.4, -0.2) is 48.8 Å². The molecular weight excluding hydrogens is 362 g/mol. The van der Waals surface area contributed by atoms with Crippen LogP contribution in [0, 0.1) is 6.92 Å². The third kappa shape index (κ3) is 4.21. The summed E-state index contributed by atoms with van der Waals surface area (Å²) in [6.45, 7) is 4.96. The molecule has 1 aromatic heterocycles. The van der Waals surface area contributed by atoms with Gasteiger partial charge in [0.05, 0.1) is 12.3 Å². The molecule has 0 atom stereocenters. The lowest BCUT2D eigenvalue weighted by Gasteiger charge is -2.33. The first kappa shape index (κ1) is 18.2. The highest BCUT2D eigenvalue weighted by atomic mass is 32.2. The minimum Gasteiger partial charge on any atom is -0.439 e. The first-order chi connectivity index (χ1) is 13.0. The van der Waals surface area contributed by atoms with Crippen LogP contribution >= 0.6 is 0 Å². The second-order valence-corrected chi connectivity index (χ2v) is 8.96. The van der Waals surface area contributed by atoms with Crippen molar-refractivity contribution in [3.05, 3.63) is 65.5 Å². The Balaban J connectivity index is 1.36. The molecule has 1 aliphatic heterocycles. The van der Waals surface area contributed by atoms with Gasteiger partial charge in [0, 0.05) is 26.2 Å². The van der Waals surface area contributed by atoms with Gasteiger partial charge in [-0.2, -0.15) is 4.31 Å². The summed E-state index contributed by atoms with van der Waals surface area (Å²) in [4.78, 5) is 6.74. The molecule has 4 rings (SSSR count). The van der Waals surface area contributed by atoms with E-state index < -0.39 is 10.0 Å². The number of fused-ring (bicyclic) bond motifs is 1. The number of sulfonamides is 1. The van der Waals surface area contributed by atoms with Crippen LogP contribution in [0.5, 0.6) is 0 Å². The molecule has 1 saturated heterocycles. The molecule has 0 N–H and O–H groups in total. The van der Waals surface area contributed by atoms with E-state index in [1.165, 1.54) is 0 Å². The molecular formula is C20H23N3O3S. The van der Waals surface area contributed by atoms with Crippen LogP contribution in [0.1, 0.15) is 17.0 Å². The number of nitrogens with zero attached hydrogens (tertiary/aromatic N) is 3. The van der Waals surface area contributed by atoms with Crippen molar-refractivity contribution in [2.45, 2.75) is 19.2 Å². The summed E-state index contributed by atoms with van der Waals surface area (Å²) in [7, 11) is -3.29. The third-order valence-electron chi connectivity index (χ3n) is 4.86. The fourth-order valence-corrected chi connectivity index (χ4v) is 4.90. The van der Waals surface area contributed by atoms with Gasteiger partial charge in [-0.3, -0.25) is 4.90 Å². The van der Waals surface area contributed by atoms with Crippen molar-refractivity contribution in [1.82, 2.24) is 14.2 Å². The Morgan fingerprint density at radius 3 is 2.52 bits per heavy atom. The summed E-state index contributed by atoms with van der Waals surface area (Å²) in [5.41, 5.74) is 3.63. The monoisotopic (exact) mass is 385 g/mol. The fraction of sp³-hybridized carbons (Fsp3) is 0.350. The van der Waals surface area contributed by atoms with Crippen molar-refractivity contribution in [3.63, 3.8) is 0 Å². The summed E-state index contributed by atoms with van der Waals surface area (Å²) in [5, 5.41) is 0. The molecule has 1 fully saturated rings. The largest absolute Gasteiger partial charge is 0.439 e. The fourth-order valence-electron chi connectivity index (χ4n) is 3.39. The van der Waals surface area contributed by atoms with Gasteiger partial charge >= 0.3 is 0 Å². The van der Waals surface area contributed by atoms with Crippen molar-refractivity contribution in [2.75, 3.05) is 26.2 Å². The van der Waals surface area contributed by atoms with Crippen molar-refractivity contribution < 1.29 is 12.8 Å². The Labute approximate surface area is 159 Å². The molecule has 0 spiro atoms. The quantitative estimate of drug-likeness (QED) is 0.676. The van der Waals surface area contributed by atoms with Gasteiger partial charge in [0.25, 0.3) is 0 Å². The molecule has 2 heterocycles. The highest BCUT2D eigenvalue weighted by molar-refractivity contribution is 7.88. The first-order valence-corrected chi connectivity index (χ1v) is 10.7. The van der Waals surface area contributed by atoms with Crippen LogP contribution in [0.4, 0.5) is 0 Å². The lowest BCUT2D eigenvalue weighted by molar-refractivity contribution is 0.169. The minimum atomic E-state index is -3.29. The topological polar surface area (TPSA) is 66.7 Å². The Morgan fingerprint density at radius 2 is 1.78 bits per heavy atom. The highest BCUT2D eigenvalue weighted by Crippen LogP contribution is 2.19. The van der Waals surface area contributed by atoms with E-state index in [4.69, 9.17) is 4.42 Å². The molecule has 0 saturated carbocycles. The van der Waals surface area contributed by atoms with E-state index in [0.717, 1.165) is 22.2 Å². The van der Waals surface area contributed by atoms with Crippen molar-refractivity contribution in [1.29, 1.82) is 0 Å². The number of oxazole rings is 1. The maximum atomic E-state index is 12.6. The van der Waals surface area contributed by atoms with Gasteiger partial charge in [0.2, 0.25) is 15.9 Å². The molecule has 0 aliphatic carbocycles. The molecule has 142 valence electrons. The van der Waals surface area contributed by atoms with E-state index in [0.29, 0.717) is 38.6 Å². The summed E-state index contributed by atoms with van der Waals surface area (Å²) in [5.74, 6) is 0.731. The van der Waals surface area contributed by atoms with E-state index in [9.17, 15) is 8.42 Å². The predicted octanol–water partition coefficient (Wildman–Crippen LogP) is 2.78. The summed E-state index contributed by atoms with van der Waals surface area (Å²) < 4.78 is 32.7. The Kier molecular flexibility index (Phi) is 4.99. The van der Waals surface area contributed by atoms with Crippen molar-refractivity contribution in [3.8, 4) is 0 Å². The van der Waals surface area contributed by atoms with E-state index in [1.807, 2.05) is 55.5 Å². The van der Waals surface area contributed by atoms with Gasteiger partial charge in [-0.25, -0.2) is 13.4 Å². The predicted molar refractivity (Wildman–Crippen MR) is 105 cm³/mol. The second kappa shape index (κ2) is 7.42. The van der Waals surface area contributed by atoms with Gasteiger partial charge in [0.15, 0.2) is 5.58 Å². The molecule has 27 heavy (non-hydrogen) atoms. The minimum absolute atomic E-state index is 0.0539. The molecule has 0 unspecified atom stereocenters. The van der Waals surface area contributed by atoms with Crippen LogP contribution in [0.3, 0.4) is 0 Å². The summed E-state index contributed by atoms with van der Waals surface area (Å²) in [6, 6.07) is 15.3. The lowest BCUT2D eigenvalue weighted by atomic mass is 10.2. The average Bonchev–Trinajstić information content (AvgIpc) is 3.04. The number of hydrogen-bond acceptors (Lipinski definition) is 5. The van der Waals surface area contributed by atoms with E-state index >= 15 is 0 Å². The normalized spacial score (nSPS) is 16.8. The number of aryl methyl sites for hydroxylation is 1. The SMILES string of the molecule is Cc1ccc2oc(CN3CCN(S(=O)(=O)Cc4ccccc4)CC3)nc2c1. The average molecular weight is 385 g/mol. The van der Waals surface area contributed by atoms with Gasteiger partial charge in [-0.05, 0) is 30.2 Å². The zero-order valence-electron chi connectivity index (χ0n) is 15.3. The first-order valence-electron chi connectivity index (χ1n) is 9.10. The highest BCUT2D eigenvalue weighted by Gasteiger charge is 2.27. The lowest BCUT2D eigenvalue weighted by Crippen LogP contribution is -2.48. The second-order valence-electron chi connectivity index (χ2n) is 7.00. The molecule has 2 aromatic carbocycles. The van der Waals surface area contributed by atoms with Crippen molar-refractivity contribution in [2.24, 2.45) is 0 Å².